The molecule has 0 radical (unpaired) electrons. The molecule has 0 fully saturated rings. The minimum absolute atomic E-state index is 0.0582. The SMILES string of the molecule is CCN(C(=O)C(Cc1cnn(Cc2ccccc2[N+](=O)[O-])c1)C(=O)NS(=O)(=O)/C=C/c1ccccc1)c1ccccc1. The average Bonchev–Trinajstić information content (AvgIpc) is 3.43. The Morgan fingerprint density at radius 3 is 2.33 bits per heavy atom. The van der Waals surface area contributed by atoms with E-state index in [2.05, 4.69) is 5.10 Å². The minimum Gasteiger partial charge on any atom is -0.312 e. The van der Waals surface area contributed by atoms with E-state index in [-0.39, 0.29) is 25.2 Å². The molecule has 0 spiro atoms. The Balaban J connectivity index is 1.59. The van der Waals surface area contributed by atoms with Gasteiger partial charge in [-0.15, -0.1) is 0 Å². The summed E-state index contributed by atoms with van der Waals surface area (Å²) in [6.07, 6.45) is 4.22. The summed E-state index contributed by atoms with van der Waals surface area (Å²) in [7, 11) is -4.23. The van der Waals surface area contributed by atoms with Crippen LogP contribution in [0, 0.1) is 16.0 Å². The first-order chi connectivity index (χ1) is 20.2. The first-order valence-electron chi connectivity index (χ1n) is 13.1. The Kier molecular flexibility index (Phi) is 9.61. The van der Waals surface area contributed by atoms with Gasteiger partial charge in [0.1, 0.15) is 5.92 Å². The van der Waals surface area contributed by atoms with Gasteiger partial charge in [-0.1, -0.05) is 66.7 Å². The monoisotopic (exact) mass is 587 g/mol. The van der Waals surface area contributed by atoms with E-state index in [1.807, 2.05) is 4.72 Å². The molecule has 2 amide bonds. The molecule has 1 unspecified atom stereocenters. The minimum atomic E-state index is -4.23. The fourth-order valence-corrected chi connectivity index (χ4v) is 5.19. The van der Waals surface area contributed by atoms with Crippen LogP contribution >= 0.6 is 0 Å². The molecule has 4 rings (SSSR count). The maximum absolute atomic E-state index is 13.8. The van der Waals surface area contributed by atoms with E-state index in [4.69, 9.17) is 0 Å². The van der Waals surface area contributed by atoms with Gasteiger partial charge in [0.15, 0.2) is 0 Å². The zero-order valence-corrected chi connectivity index (χ0v) is 23.6. The molecule has 42 heavy (non-hydrogen) atoms. The van der Waals surface area contributed by atoms with E-state index in [0.29, 0.717) is 22.4 Å². The van der Waals surface area contributed by atoms with Gasteiger partial charge in [0.2, 0.25) is 11.8 Å². The predicted octanol–water partition coefficient (Wildman–Crippen LogP) is 4.17. The van der Waals surface area contributed by atoms with Crippen molar-refractivity contribution in [2.75, 3.05) is 11.4 Å². The van der Waals surface area contributed by atoms with Crippen molar-refractivity contribution in [2.24, 2.45) is 5.92 Å². The normalized spacial score (nSPS) is 12.1. The highest BCUT2D eigenvalue weighted by molar-refractivity contribution is 7.93. The Bertz CT molecular complexity index is 1690. The summed E-state index contributed by atoms with van der Waals surface area (Å²) >= 11 is 0. The Morgan fingerprint density at radius 2 is 1.67 bits per heavy atom. The molecule has 0 aliphatic carbocycles. The highest BCUT2D eigenvalue weighted by atomic mass is 32.2. The lowest BCUT2D eigenvalue weighted by molar-refractivity contribution is -0.385. The number of nitro groups is 1. The van der Waals surface area contributed by atoms with Gasteiger partial charge in [-0.2, -0.15) is 5.10 Å². The lowest BCUT2D eigenvalue weighted by atomic mass is 9.99. The van der Waals surface area contributed by atoms with Gasteiger partial charge < -0.3 is 4.90 Å². The van der Waals surface area contributed by atoms with E-state index < -0.39 is 32.7 Å². The number of aromatic nitrogens is 2. The van der Waals surface area contributed by atoms with Crippen molar-refractivity contribution in [3.63, 3.8) is 0 Å². The van der Waals surface area contributed by atoms with Crippen LogP contribution in [0.1, 0.15) is 23.6 Å². The molecule has 0 aliphatic heterocycles. The Labute approximate surface area is 243 Å². The number of carbonyl (C=O) groups is 2. The van der Waals surface area contributed by atoms with Crippen LogP contribution in [0.25, 0.3) is 6.08 Å². The van der Waals surface area contributed by atoms with Crippen LogP contribution in [0.4, 0.5) is 11.4 Å². The standard InChI is InChI=1S/C30H29N5O6S/c1-2-34(26-14-7-4-8-15-26)30(37)27(29(36)32-42(40,41)18-17-23-11-5-3-6-12-23)19-24-20-31-33(21-24)22-25-13-9-10-16-28(25)35(38)39/h3-18,20-21,27H,2,19,22H2,1H3,(H,32,36)/b18-17+. The second-order valence-corrected chi connectivity index (χ2v) is 10.9. The second kappa shape index (κ2) is 13.5. The lowest BCUT2D eigenvalue weighted by Gasteiger charge is -2.25. The smallest absolute Gasteiger partial charge is 0.274 e. The van der Waals surface area contributed by atoms with Gasteiger partial charge >= 0.3 is 0 Å². The van der Waals surface area contributed by atoms with Crippen LogP contribution in [0.5, 0.6) is 0 Å². The molecule has 11 nitrogen and oxygen atoms in total. The quantitative estimate of drug-likeness (QED) is 0.149. The molecule has 1 aromatic heterocycles. The number of benzene rings is 3. The maximum atomic E-state index is 13.8. The van der Waals surface area contributed by atoms with Crippen molar-refractivity contribution in [3.8, 4) is 0 Å². The number of nitro benzene ring substituents is 1. The number of nitrogens with zero attached hydrogens (tertiary/aromatic N) is 4. The molecule has 0 saturated heterocycles. The third kappa shape index (κ3) is 7.76. The number of nitrogens with one attached hydrogen (secondary N) is 1. The van der Waals surface area contributed by atoms with Crippen LogP contribution in [-0.4, -0.2) is 41.5 Å². The van der Waals surface area contributed by atoms with Crippen molar-refractivity contribution in [1.82, 2.24) is 14.5 Å². The van der Waals surface area contributed by atoms with Crippen LogP contribution in [0.2, 0.25) is 0 Å². The van der Waals surface area contributed by atoms with Crippen molar-refractivity contribution in [2.45, 2.75) is 19.9 Å². The molecular formula is C30H29N5O6S. The van der Waals surface area contributed by atoms with Crippen LogP contribution in [-0.2, 0) is 32.6 Å². The summed E-state index contributed by atoms with van der Waals surface area (Å²) in [6, 6.07) is 23.7. The summed E-state index contributed by atoms with van der Waals surface area (Å²) in [5.74, 6) is -2.98. The van der Waals surface area contributed by atoms with Crippen molar-refractivity contribution >= 4 is 39.3 Å². The van der Waals surface area contributed by atoms with Crippen molar-refractivity contribution in [1.29, 1.82) is 0 Å². The van der Waals surface area contributed by atoms with Gasteiger partial charge in [-0.3, -0.25) is 24.4 Å². The second-order valence-electron chi connectivity index (χ2n) is 9.33. The molecule has 3 aromatic carbocycles. The number of hydrogen-bond donors (Lipinski definition) is 1. The first-order valence-corrected chi connectivity index (χ1v) is 14.6. The molecule has 4 aromatic rings. The third-order valence-corrected chi connectivity index (χ3v) is 7.37. The lowest BCUT2D eigenvalue weighted by Crippen LogP contribution is -2.46. The average molecular weight is 588 g/mol. The van der Waals surface area contributed by atoms with Gasteiger partial charge in [0.25, 0.3) is 15.7 Å². The fraction of sp³-hybridized carbons (Fsp3) is 0.167. The molecule has 0 saturated carbocycles. The Hall–Kier alpha value is -5.10. The van der Waals surface area contributed by atoms with E-state index >= 15 is 0 Å². The number of carbonyl (C=O) groups excluding carboxylic acids is 2. The van der Waals surface area contributed by atoms with E-state index in [1.165, 1.54) is 27.9 Å². The molecule has 1 atom stereocenters. The zero-order chi connectivity index (χ0) is 30.1. The molecule has 216 valence electrons. The molecule has 1 N–H and O–H groups in total. The largest absolute Gasteiger partial charge is 0.312 e. The first kappa shape index (κ1) is 29.9. The fourth-order valence-electron chi connectivity index (χ4n) is 4.36. The van der Waals surface area contributed by atoms with Gasteiger partial charge in [-0.05, 0) is 42.7 Å². The predicted molar refractivity (Wildman–Crippen MR) is 159 cm³/mol. The number of rotatable bonds is 12. The summed E-state index contributed by atoms with van der Waals surface area (Å²) in [6.45, 7) is 2.08. The third-order valence-electron chi connectivity index (χ3n) is 6.39. The number of sulfonamides is 1. The Morgan fingerprint density at radius 1 is 1.02 bits per heavy atom. The zero-order valence-electron chi connectivity index (χ0n) is 22.7. The van der Waals surface area contributed by atoms with Gasteiger partial charge in [0, 0.05) is 24.5 Å². The maximum Gasteiger partial charge on any atom is 0.274 e. The number of para-hydroxylation sites is 2. The molecular weight excluding hydrogens is 558 g/mol. The summed E-state index contributed by atoms with van der Waals surface area (Å²) in [5.41, 5.74) is 2.03. The summed E-state index contributed by atoms with van der Waals surface area (Å²) < 4.78 is 29.0. The molecule has 0 aliphatic rings. The molecule has 12 heteroatoms. The number of amides is 2. The van der Waals surface area contributed by atoms with Crippen LogP contribution < -0.4 is 9.62 Å². The number of anilines is 1. The van der Waals surface area contributed by atoms with E-state index in [1.54, 1.807) is 92.0 Å². The summed E-state index contributed by atoms with van der Waals surface area (Å²) in [4.78, 5) is 39.5. The van der Waals surface area contributed by atoms with Gasteiger partial charge in [0.05, 0.1) is 28.6 Å². The highest BCUT2D eigenvalue weighted by Crippen LogP contribution is 2.21. The van der Waals surface area contributed by atoms with Gasteiger partial charge in [-0.25, -0.2) is 13.1 Å². The van der Waals surface area contributed by atoms with Crippen molar-refractivity contribution < 1.29 is 22.9 Å². The summed E-state index contributed by atoms with van der Waals surface area (Å²) in [5, 5.41) is 16.5. The molecule has 0 bridgehead atoms. The van der Waals surface area contributed by atoms with Crippen molar-refractivity contribution in [3.05, 3.63) is 130 Å². The topological polar surface area (TPSA) is 145 Å². The molecule has 1 heterocycles. The van der Waals surface area contributed by atoms with E-state index in [0.717, 1.165) is 5.41 Å². The highest BCUT2D eigenvalue weighted by Gasteiger charge is 2.33. The van der Waals surface area contributed by atoms with E-state index in [9.17, 15) is 28.1 Å². The van der Waals surface area contributed by atoms with Crippen LogP contribution in [0.15, 0.2) is 103 Å². The van der Waals surface area contributed by atoms with Crippen LogP contribution in [0.3, 0.4) is 0 Å². The number of hydrogen-bond acceptors (Lipinski definition) is 7.